The molecule has 4 rings (SSSR count). The zero-order valence-corrected chi connectivity index (χ0v) is 17.7. The quantitative estimate of drug-likeness (QED) is 0.545. The summed E-state index contributed by atoms with van der Waals surface area (Å²) < 4.78 is 68.5. The van der Waals surface area contributed by atoms with E-state index in [1.54, 1.807) is 0 Å². The van der Waals surface area contributed by atoms with Gasteiger partial charge < -0.3 is 16.0 Å². The lowest BCUT2D eigenvalue weighted by atomic mass is 9.93. The van der Waals surface area contributed by atoms with Crippen molar-refractivity contribution in [3.63, 3.8) is 0 Å². The van der Waals surface area contributed by atoms with E-state index in [-0.39, 0.29) is 42.1 Å². The van der Waals surface area contributed by atoms with Gasteiger partial charge in [0.25, 0.3) is 5.91 Å². The molecule has 0 saturated carbocycles. The number of rotatable bonds is 4. The van der Waals surface area contributed by atoms with Crippen LogP contribution in [0.4, 0.5) is 33.3 Å². The Morgan fingerprint density at radius 2 is 1.82 bits per heavy atom. The summed E-state index contributed by atoms with van der Waals surface area (Å²) in [6.45, 7) is -0.165. The first-order valence-corrected chi connectivity index (χ1v) is 10.4. The number of benzene rings is 1. The van der Waals surface area contributed by atoms with Gasteiger partial charge in [-0.15, -0.1) is 0 Å². The average Bonchev–Trinajstić information content (AvgIpc) is 2.79. The number of pyridine rings is 2. The second-order valence-corrected chi connectivity index (χ2v) is 7.99. The lowest BCUT2D eigenvalue weighted by molar-refractivity contribution is -0.177. The van der Waals surface area contributed by atoms with E-state index in [2.05, 4.69) is 15.3 Å². The van der Waals surface area contributed by atoms with E-state index in [0.717, 1.165) is 18.2 Å². The number of hydrogen-bond donors (Lipinski definition) is 2. The van der Waals surface area contributed by atoms with Gasteiger partial charge in [-0.05, 0) is 36.8 Å². The summed E-state index contributed by atoms with van der Waals surface area (Å²) in [7, 11) is 0. The van der Waals surface area contributed by atoms with Crippen molar-refractivity contribution in [1.29, 1.82) is 0 Å². The van der Waals surface area contributed by atoms with Gasteiger partial charge in [0, 0.05) is 30.9 Å². The Hall–Kier alpha value is -3.60. The van der Waals surface area contributed by atoms with Crippen molar-refractivity contribution in [1.82, 2.24) is 9.97 Å². The fraction of sp³-hybridized carbons (Fsp3) is 0.261. The second-order valence-electron chi connectivity index (χ2n) is 7.99. The highest BCUT2D eigenvalue weighted by atomic mass is 19.4. The van der Waals surface area contributed by atoms with E-state index in [0.29, 0.717) is 5.69 Å². The monoisotopic (exact) mass is 477 g/mol. The maximum absolute atomic E-state index is 14.3. The van der Waals surface area contributed by atoms with E-state index in [1.807, 2.05) is 0 Å². The molecule has 0 aliphatic carbocycles. The van der Waals surface area contributed by atoms with Gasteiger partial charge in [0.05, 0.1) is 23.5 Å². The number of carbonyl (C=O) groups excluding carboxylic acids is 1. The standard InChI is InChI=1S/C23H20F5N5O/c24-16-4-2-1-3-15(16)21-17(25)5-6-18(31-21)22(34)32-19-10-30-8-7-20(19)33-11-13(23(26,27)28)9-14(29)12-33/h1-8,10,13-14H,9,11-12,29H2,(H,32,34). The van der Waals surface area contributed by atoms with E-state index < -0.39 is 35.7 Å². The Morgan fingerprint density at radius 3 is 2.56 bits per heavy atom. The predicted octanol–water partition coefficient (Wildman–Crippen LogP) is 4.39. The Labute approximate surface area is 191 Å². The Bertz CT molecular complexity index is 1200. The fourth-order valence-electron chi connectivity index (χ4n) is 3.93. The van der Waals surface area contributed by atoms with Crippen molar-refractivity contribution in [2.24, 2.45) is 11.7 Å². The minimum Gasteiger partial charge on any atom is -0.368 e. The van der Waals surface area contributed by atoms with Crippen LogP contribution in [0, 0.1) is 17.6 Å². The summed E-state index contributed by atoms with van der Waals surface area (Å²) >= 11 is 0. The first-order chi connectivity index (χ1) is 16.1. The van der Waals surface area contributed by atoms with Crippen LogP contribution in [0.15, 0.2) is 54.9 Å². The molecule has 0 spiro atoms. The van der Waals surface area contributed by atoms with Crippen molar-refractivity contribution in [3.05, 3.63) is 72.2 Å². The molecule has 1 fully saturated rings. The van der Waals surface area contributed by atoms with E-state index >= 15 is 0 Å². The molecule has 1 aromatic carbocycles. The topological polar surface area (TPSA) is 84.1 Å². The minimum atomic E-state index is -4.41. The average molecular weight is 477 g/mol. The van der Waals surface area contributed by atoms with Gasteiger partial charge in [-0.1, -0.05) is 12.1 Å². The summed E-state index contributed by atoms with van der Waals surface area (Å²) in [6.07, 6.45) is -1.92. The first-order valence-electron chi connectivity index (χ1n) is 10.4. The van der Waals surface area contributed by atoms with Crippen LogP contribution in [0.25, 0.3) is 11.3 Å². The largest absolute Gasteiger partial charge is 0.393 e. The van der Waals surface area contributed by atoms with Crippen LogP contribution < -0.4 is 16.0 Å². The number of amides is 1. The third kappa shape index (κ3) is 4.98. The van der Waals surface area contributed by atoms with Crippen LogP contribution in [-0.4, -0.2) is 41.2 Å². The van der Waals surface area contributed by atoms with Gasteiger partial charge in [-0.25, -0.2) is 13.8 Å². The number of hydrogen-bond acceptors (Lipinski definition) is 5. The molecular formula is C23H20F5N5O. The third-order valence-electron chi connectivity index (χ3n) is 5.54. The summed E-state index contributed by atoms with van der Waals surface area (Å²) in [6, 6.07) is 8.30. The molecule has 1 amide bonds. The number of alkyl halides is 3. The lowest BCUT2D eigenvalue weighted by Crippen LogP contribution is -2.51. The Morgan fingerprint density at radius 1 is 1.06 bits per heavy atom. The Balaban J connectivity index is 1.61. The zero-order chi connectivity index (χ0) is 24.5. The molecule has 1 aliphatic heterocycles. The van der Waals surface area contributed by atoms with Gasteiger partial charge in [0.15, 0.2) is 0 Å². The third-order valence-corrected chi connectivity index (χ3v) is 5.54. The number of aromatic nitrogens is 2. The maximum Gasteiger partial charge on any atom is 0.393 e. The Kier molecular flexibility index (Phi) is 6.47. The van der Waals surface area contributed by atoms with Crippen LogP contribution in [0.2, 0.25) is 0 Å². The van der Waals surface area contributed by atoms with Gasteiger partial charge in [-0.2, -0.15) is 13.2 Å². The smallest absolute Gasteiger partial charge is 0.368 e. The van der Waals surface area contributed by atoms with Gasteiger partial charge >= 0.3 is 6.18 Å². The lowest BCUT2D eigenvalue weighted by Gasteiger charge is -2.39. The number of halogens is 5. The van der Waals surface area contributed by atoms with E-state index in [9.17, 15) is 26.7 Å². The summed E-state index contributed by atoms with van der Waals surface area (Å²) in [4.78, 5) is 22.2. The molecule has 0 radical (unpaired) electrons. The molecule has 3 aromatic rings. The van der Waals surface area contributed by atoms with Crippen molar-refractivity contribution in [2.75, 3.05) is 23.3 Å². The molecule has 11 heteroatoms. The summed E-state index contributed by atoms with van der Waals surface area (Å²) in [5.41, 5.74) is 5.65. The predicted molar refractivity (Wildman–Crippen MR) is 116 cm³/mol. The number of nitrogens with two attached hydrogens (primary N) is 1. The molecule has 1 aliphatic rings. The normalized spacial score (nSPS) is 18.6. The minimum absolute atomic E-state index is 0.114. The molecule has 2 unspecified atom stereocenters. The highest BCUT2D eigenvalue weighted by molar-refractivity contribution is 6.04. The van der Waals surface area contributed by atoms with Crippen molar-refractivity contribution in [2.45, 2.75) is 18.6 Å². The van der Waals surface area contributed by atoms with Crippen LogP contribution in [0.5, 0.6) is 0 Å². The molecule has 178 valence electrons. The molecule has 0 bridgehead atoms. The molecule has 2 aromatic heterocycles. The van der Waals surface area contributed by atoms with Crippen LogP contribution in [-0.2, 0) is 0 Å². The maximum atomic E-state index is 14.3. The van der Waals surface area contributed by atoms with Crippen molar-refractivity contribution in [3.8, 4) is 11.3 Å². The fourth-order valence-corrected chi connectivity index (χ4v) is 3.93. The highest BCUT2D eigenvalue weighted by Crippen LogP contribution is 2.36. The highest BCUT2D eigenvalue weighted by Gasteiger charge is 2.44. The van der Waals surface area contributed by atoms with Gasteiger partial charge in [0.2, 0.25) is 0 Å². The summed E-state index contributed by atoms with van der Waals surface area (Å²) in [5.74, 6) is -3.90. The molecule has 2 atom stereocenters. The number of piperidine rings is 1. The van der Waals surface area contributed by atoms with Crippen molar-refractivity contribution < 1.29 is 26.7 Å². The zero-order valence-electron chi connectivity index (χ0n) is 17.7. The van der Waals surface area contributed by atoms with E-state index in [1.165, 1.54) is 41.6 Å². The summed E-state index contributed by atoms with van der Waals surface area (Å²) in [5, 5.41) is 2.56. The van der Waals surface area contributed by atoms with Crippen LogP contribution >= 0.6 is 0 Å². The van der Waals surface area contributed by atoms with Crippen LogP contribution in [0.1, 0.15) is 16.9 Å². The number of anilines is 2. The number of nitrogens with one attached hydrogen (secondary N) is 1. The number of carbonyl (C=O) groups is 1. The molecule has 34 heavy (non-hydrogen) atoms. The SMILES string of the molecule is NC1CC(C(F)(F)F)CN(c2ccncc2NC(=O)c2ccc(F)c(-c3ccccc3F)n2)C1. The van der Waals surface area contributed by atoms with Gasteiger partial charge in [-0.3, -0.25) is 9.78 Å². The molecule has 3 heterocycles. The number of nitrogens with zero attached hydrogens (tertiary/aromatic N) is 3. The van der Waals surface area contributed by atoms with Crippen LogP contribution in [0.3, 0.4) is 0 Å². The van der Waals surface area contributed by atoms with Crippen molar-refractivity contribution >= 4 is 17.3 Å². The second kappa shape index (κ2) is 9.34. The first kappa shape index (κ1) is 23.6. The molecule has 6 nitrogen and oxygen atoms in total. The van der Waals surface area contributed by atoms with E-state index in [4.69, 9.17) is 5.73 Å². The molecule has 3 N–H and O–H groups in total. The molecule has 1 saturated heterocycles. The molecular weight excluding hydrogens is 457 g/mol. The van der Waals surface area contributed by atoms with Gasteiger partial charge in [0.1, 0.15) is 23.0 Å².